The van der Waals surface area contributed by atoms with Crippen molar-refractivity contribution in [3.63, 3.8) is 0 Å². The van der Waals surface area contributed by atoms with E-state index in [1.165, 1.54) is 12.8 Å². The molecule has 2 atom stereocenters. The van der Waals surface area contributed by atoms with Crippen molar-refractivity contribution in [2.45, 2.75) is 38.6 Å². The van der Waals surface area contributed by atoms with E-state index < -0.39 is 0 Å². The maximum atomic E-state index is 11.7. The Hall–Kier alpha value is -1.12. The molecule has 1 aliphatic rings. The van der Waals surface area contributed by atoms with Crippen LogP contribution in [0.25, 0.3) is 0 Å². The lowest BCUT2D eigenvalue weighted by molar-refractivity contribution is -0.123. The van der Waals surface area contributed by atoms with Gasteiger partial charge >= 0.3 is 0 Å². The van der Waals surface area contributed by atoms with Gasteiger partial charge in [0.15, 0.2) is 0 Å². The lowest BCUT2D eigenvalue weighted by Gasteiger charge is -2.38. The van der Waals surface area contributed by atoms with Crippen molar-refractivity contribution in [3.05, 3.63) is 0 Å². The van der Waals surface area contributed by atoms with Crippen LogP contribution in [-0.4, -0.2) is 43.0 Å². The molecule has 1 rings (SSSR count). The predicted octanol–water partition coefficient (Wildman–Crippen LogP) is 0.466. The second kappa shape index (κ2) is 8.06. The molecule has 0 aliphatic heterocycles. The van der Waals surface area contributed by atoms with Crippen molar-refractivity contribution >= 4 is 5.91 Å². The highest BCUT2D eigenvalue weighted by molar-refractivity contribution is 5.78. The lowest BCUT2D eigenvalue weighted by Crippen LogP contribution is -2.48. The van der Waals surface area contributed by atoms with E-state index in [-0.39, 0.29) is 12.5 Å². The first kappa shape index (κ1) is 14.9. The van der Waals surface area contributed by atoms with Crippen LogP contribution >= 0.6 is 0 Å². The molecule has 3 N–H and O–H groups in total. The molecule has 0 saturated heterocycles. The molecule has 0 bridgehead atoms. The molecule has 0 spiro atoms. The smallest absolute Gasteiger partial charge is 0.235 e. The van der Waals surface area contributed by atoms with E-state index in [9.17, 15) is 4.79 Å². The molecule has 5 heteroatoms. The van der Waals surface area contributed by atoms with Gasteiger partial charge in [-0.25, -0.2) is 0 Å². The molecule has 5 nitrogen and oxygen atoms in total. The lowest BCUT2D eigenvalue weighted by atomic mass is 9.83. The summed E-state index contributed by atoms with van der Waals surface area (Å²) in [7, 11) is 0. The van der Waals surface area contributed by atoms with Gasteiger partial charge in [-0.05, 0) is 31.8 Å². The molecule has 0 aromatic rings. The number of nitrogens with two attached hydrogens (primary N) is 1. The zero-order valence-electron chi connectivity index (χ0n) is 11.2. The van der Waals surface area contributed by atoms with Crippen LogP contribution in [-0.2, 0) is 4.79 Å². The molecule has 1 fully saturated rings. The van der Waals surface area contributed by atoms with Gasteiger partial charge in [0.1, 0.15) is 6.54 Å². The highest BCUT2D eigenvalue weighted by atomic mass is 16.2. The molecular weight excluding hydrogens is 228 g/mol. The van der Waals surface area contributed by atoms with E-state index in [1.807, 2.05) is 6.07 Å². The van der Waals surface area contributed by atoms with Crippen molar-refractivity contribution in [3.8, 4) is 6.07 Å². The fraction of sp³-hybridized carbons (Fsp3) is 0.846. The maximum Gasteiger partial charge on any atom is 0.235 e. The number of carbonyl (C=O) groups excluding carboxylic acids is 1. The first-order valence-corrected chi connectivity index (χ1v) is 6.80. The average molecular weight is 252 g/mol. The summed E-state index contributed by atoms with van der Waals surface area (Å²) >= 11 is 0. The van der Waals surface area contributed by atoms with Crippen LogP contribution in [0, 0.1) is 17.2 Å². The van der Waals surface area contributed by atoms with E-state index in [2.05, 4.69) is 17.1 Å². The van der Waals surface area contributed by atoms with E-state index in [0.717, 1.165) is 19.4 Å². The first-order chi connectivity index (χ1) is 8.72. The Morgan fingerprint density at radius 1 is 1.50 bits per heavy atom. The van der Waals surface area contributed by atoms with Crippen molar-refractivity contribution in [1.82, 2.24) is 10.2 Å². The summed E-state index contributed by atoms with van der Waals surface area (Å²) in [4.78, 5) is 13.9. The molecule has 0 heterocycles. The molecule has 1 amide bonds. The summed E-state index contributed by atoms with van der Waals surface area (Å²) in [6.07, 6.45) is 4.76. The van der Waals surface area contributed by atoms with E-state index in [0.29, 0.717) is 25.0 Å². The van der Waals surface area contributed by atoms with Crippen LogP contribution in [0.4, 0.5) is 0 Å². The summed E-state index contributed by atoms with van der Waals surface area (Å²) in [5.74, 6) is 0.433. The highest BCUT2D eigenvalue weighted by Crippen LogP contribution is 2.27. The predicted molar refractivity (Wildman–Crippen MR) is 70.7 cm³/mol. The number of nitriles is 1. The van der Waals surface area contributed by atoms with Crippen molar-refractivity contribution in [1.29, 1.82) is 5.26 Å². The molecule has 0 aromatic carbocycles. The Balaban J connectivity index is 2.53. The summed E-state index contributed by atoms with van der Waals surface area (Å²) in [5.41, 5.74) is 5.83. The third kappa shape index (κ3) is 4.28. The van der Waals surface area contributed by atoms with Gasteiger partial charge < -0.3 is 11.1 Å². The number of likely N-dealkylation sites (N-methyl/N-ethyl adjacent to an activating group) is 1. The second-order valence-corrected chi connectivity index (χ2v) is 4.85. The summed E-state index contributed by atoms with van der Waals surface area (Å²) < 4.78 is 0. The Bertz CT molecular complexity index is 300. The number of carbonyl (C=O) groups is 1. The van der Waals surface area contributed by atoms with Gasteiger partial charge in [-0.3, -0.25) is 9.69 Å². The number of nitrogens with zero attached hydrogens (tertiary/aromatic N) is 2. The van der Waals surface area contributed by atoms with Crippen LogP contribution in [0.15, 0.2) is 0 Å². The maximum absolute atomic E-state index is 11.7. The van der Waals surface area contributed by atoms with Gasteiger partial charge in [0.2, 0.25) is 5.91 Å². The minimum absolute atomic E-state index is 0.0697. The van der Waals surface area contributed by atoms with Gasteiger partial charge in [-0.2, -0.15) is 5.26 Å². The fourth-order valence-corrected chi connectivity index (χ4v) is 2.79. The van der Waals surface area contributed by atoms with E-state index >= 15 is 0 Å². The number of hydrogen-bond donors (Lipinski definition) is 2. The Morgan fingerprint density at radius 2 is 2.22 bits per heavy atom. The van der Waals surface area contributed by atoms with E-state index in [4.69, 9.17) is 11.0 Å². The number of hydrogen-bond acceptors (Lipinski definition) is 4. The topological polar surface area (TPSA) is 82.2 Å². The van der Waals surface area contributed by atoms with Gasteiger partial charge in [-0.15, -0.1) is 0 Å². The van der Waals surface area contributed by atoms with E-state index in [1.54, 1.807) is 0 Å². The van der Waals surface area contributed by atoms with Crippen LogP contribution < -0.4 is 11.1 Å². The zero-order valence-corrected chi connectivity index (χ0v) is 11.2. The molecule has 0 aromatic heterocycles. The molecule has 102 valence electrons. The molecule has 18 heavy (non-hydrogen) atoms. The monoisotopic (exact) mass is 252 g/mol. The first-order valence-electron chi connectivity index (χ1n) is 6.80. The van der Waals surface area contributed by atoms with Gasteiger partial charge in [0.25, 0.3) is 0 Å². The van der Waals surface area contributed by atoms with Gasteiger partial charge in [0, 0.05) is 6.04 Å². The third-order valence-electron chi connectivity index (χ3n) is 3.76. The Morgan fingerprint density at radius 3 is 2.83 bits per heavy atom. The van der Waals surface area contributed by atoms with Crippen LogP contribution in [0.3, 0.4) is 0 Å². The second-order valence-electron chi connectivity index (χ2n) is 4.85. The summed E-state index contributed by atoms with van der Waals surface area (Å²) in [6, 6.07) is 2.34. The third-order valence-corrected chi connectivity index (χ3v) is 3.76. The van der Waals surface area contributed by atoms with Crippen molar-refractivity contribution in [2.24, 2.45) is 11.7 Å². The van der Waals surface area contributed by atoms with Crippen LogP contribution in [0.2, 0.25) is 0 Å². The molecular formula is C13H24N4O. The standard InChI is InChI=1S/C13H24N4O/c1-2-17(10-13(18)16-8-7-14)12-6-4-3-5-11(12)9-15/h11-12H,2-6,8-10,15H2,1H3,(H,16,18). The van der Waals surface area contributed by atoms with Crippen LogP contribution in [0.1, 0.15) is 32.6 Å². The largest absolute Gasteiger partial charge is 0.342 e. The fourth-order valence-electron chi connectivity index (χ4n) is 2.79. The molecule has 2 unspecified atom stereocenters. The molecule has 0 radical (unpaired) electrons. The van der Waals surface area contributed by atoms with Crippen molar-refractivity contribution in [2.75, 3.05) is 26.2 Å². The van der Waals surface area contributed by atoms with Gasteiger partial charge in [-0.1, -0.05) is 19.8 Å². The quantitative estimate of drug-likeness (QED) is 0.673. The zero-order chi connectivity index (χ0) is 13.4. The number of amides is 1. The SMILES string of the molecule is CCN(CC(=O)NCC#N)C1CCCCC1CN. The van der Waals surface area contributed by atoms with Gasteiger partial charge in [0.05, 0.1) is 12.6 Å². The van der Waals surface area contributed by atoms with Crippen LogP contribution in [0.5, 0.6) is 0 Å². The average Bonchev–Trinajstić information content (AvgIpc) is 2.42. The summed E-state index contributed by atoms with van der Waals surface area (Å²) in [6.45, 7) is 4.07. The number of nitrogens with one attached hydrogen (secondary N) is 1. The molecule has 1 saturated carbocycles. The Labute approximate surface area is 109 Å². The summed E-state index contributed by atoms with van der Waals surface area (Å²) in [5, 5.41) is 11.0. The number of rotatable bonds is 6. The molecule has 1 aliphatic carbocycles. The normalized spacial score (nSPS) is 23.7. The Kier molecular flexibility index (Phi) is 6.69. The van der Waals surface area contributed by atoms with Crippen molar-refractivity contribution < 1.29 is 4.79 Å². The minimum Gasteiger partial charge on any atom is -0.342 e. The minimum atomic E-state index is -0.0697. The highest BCUT2D eigenvalue weighted by Gasteiger charge is 2.29.